The summed E-state index contributed by atoms with van der Waals surface area (Å²) in [7, 11) is 3.95. The van der Waals surface area contributed by atoms with E-state index in [0.717, 1.165) is 11.3 Å². The maximum Gasteiger partial charge on any atom is 0.227 e. The molecule has 2 heterocycles. The fourth-order valence-corrected chi connectivity index (χ4v) is 1.83. The summed E-state index contributed by atoms with van der Waals surface area (Å²) in [5.74, 6) is -0.106. The van der Waals surface area contributed by atoms with E-state index in [1.54, 1.807) is 0 Å². The van der Waals surface area contributed by atoms with E-state index in [2.05, 4.69) is 9.97 Å². The standard InChI is InChI=1S/C14H12FN3O/c1-18(2)10-5-3-9(4-6-10)14-17-11-8-16-13(15)7-12(11)19-14/h3-8H,1-2H3. The summed E-state index contributed by atoms with van der Waals surface area (Å²) >= 11 is 0. The highest BCUT2D eigenvalue weighted by molar-refractivity contribution is 5.75. The van der Waals surface area contributed by atoms with Gasteiger partial charge in [-0.2, -0.15) is 4.39 Å². The zero-order valence-electron chi connectivity index (χ0n) is 10.6. The van der Waals surface area contributed by atoms with Crippen LogP contribution in [0.15, 0.2) is 40.9 Å². The highest BCUT2D eigenvalue weighted by atomic mass is 19.1. The van der Waals surface area contributed by atoms with Crippen molar-refractivity contribution >= 4 is 16.8 Å². The Labute approximate surface area is 109 Å². The van der Waals surface area contributed by atoms with Crippen molar-refractivity contribution in [2.75, 3.05) is 19.0 Å². The SMILES string of the molecule is CN(C)c1ccc(-c2nc3cnc(F)cc3o2)cc1. The van der Waals surface area contributed by atoms with Crippen molar-refractivity contribution < 1.29 is 8.81 Å². The maximum atomic E-state index is 13.0. The Morgan fingerprint density at radius 1 is 1.16 bits per heavy atom. The molecule has 0 spiro atoms. The molecule has 3 rings (SSSR count). The van der Waals surface area contributed by atoms with Gasteiger partial charge in [-0.15, -0.1) is 0 Å². The summed E-state index contributed by atoms with van der Waals surface area (Å²) < 4.78 is 18.5. The van der Waals surface area contributed by atoms with E-state index in [9.17, 15) is 4.39 Å². The Kier molecular flexibility index (Phi) is 2.67. The number of pyridine rings is 1. The molecule has 0 aliphatic rings. The van der Waals surface area contributed by atoms with Gasteiger partial charge in [0, 0.05) is 31.4 Å². The monoisotopic (exact) mass is 257 g/mol. The fourth-order valence-electron chi connectivity index (χ4n) is 1.83. The molecule has 19 heavy (non-hydrogen) atoms. The molecule has 0 amide bonds. The van der Waals surface area contributed by atoms with Crippen LogP contribution in [0.25, 0.3) is 22.6 Å². The van der Waals surface area contributed by atoms with E-state index in [-0.39, 0.29) is 0 Å². The average Bonchev–Trinajstić information content (AvgIpc) is 2.81. The molecular formula is C14H12FN3O. The fraction of sp³-hybridized carbons (Fsp3) is 0.143. The number of benzene rings is 1. The largest absolute Gasteiger partial charge is 0.436 e. The lowest BCUT2D eigenvalue weighted by molar-refractivity contribution is 0.574. The molecular weight excluding hydrogens is 245 g/mol. The van der Waals surface area contributed by atoms with Gasteiger partial charge in [-0.1, -0.05) is 0 Å². The second kappa shape index (κ2) is 4.35. The first kappa shape index (κ1) is 11.6. The van der Waals surface area contributed by atoms with Gasteiger partial charge in [0.1, 0.15) is 5.52 Å². The van der Waals surface area contributed by atoms with Gasteiger partial charge in [-0.25, -0.2) is 9.97 Å². The van der Waals surface area contributed by atoms with Crippen LogP contribution >= 0.6 is 0 Å². The van der Waals surface area contributed by atoms with Crippen LogP contribution in [0.2, 0.25) is 0 Å². The van der Waals surface area contributed by atoms with Gasteiger partial charge < -0.3 is 9.32 Å². The molecule has 0 N–H and O–H groups in total. The topological polar surface area (TPSA) is 42.2 Å². The van der Waals surface area contributed by atoms with Gasteiger partial charge in [0.05, 0.1) is 6.20 Å². The van der Waals surface area contributed by atoms with E-state index in [1.807, 2.05) is 43.3 Å². The minimum atomic E-state index is -0.571. The predicted octanol–water partition coefficient (Wildman–Crippen LogP) is 3.09. The number of hydrogen-bond acceptors (Lipinski definition) is 4. The normalized spacial score (nSPS) is 10.9. The van der Waals surface area contributed by atoms with Crippen LogP contribution < -0.4 is 4.90 Å². The lowest BCUT2D eigenvalue weighted by atomic mass is 10.2. The molecule has 5 heteroatoms. The van der Waals surface area contributed by atoms with Gasteiger partial charge in [0.25, 0.3) is 0 Å². The Morgan fingerprint density at radius 3 is 2.58 bits per heavy atom. The quantitative estimate of drug-likeness (QED) is 0.661. The molecule has 0 radical (unpaired) electrons. The summed E-state index contributed by atoms with van der Waals surface area (Å²) in [5.41, 5.74) is 2.89. The van der Waals surface area contributed by atoms with Crippen LogP contribution in [0.4, 0.5) is 10.1 Å². The Morgan fingerprint density at radius 2 is 1.89 bits per heavy atom. The first-order chi connectivity index (χ1) is 9.13. The Balaban J connectivity index is 2.03. The average molecular weight is 257 g/mol. The van der Waals surface area contributed by atoms with Crippen molar-refractivity contribution in [2.24, 2.45) is 0 Å². The third-order valence-corrected chi connectivity index (χ3v) is 2.87. The summed E-state index contributed by atoms with van der Waals surface area (Å²) in [6.45, 7) is 0. The molecule has 0 fully saturated rings. The first-order valence-electron chi connectivity index (χ1n) is 5.83. The van der Waals surface area contributed by atoms with Crippen molar-refractivity contribution in [2.45, 2.75) is 0 Å². The Bertz CT molecular complexity index is 719. The zero-order chi connectivity index (χ0) is 13.4. The van der Waals surface area contributed by atoms with Gasteiger partial charge >= 0.3 is 0 Å². The highest BCUT2D eigenvalue weighted by Crippen LogP contribution is 2.25. The third-order valence-electron chi connectivity index (χ3n) is 2.87. The number of oxazole rings is 1. The van der Waals surface area contributed by atoms with Crippen molar-refractivity contribution in [1.82, 2.24) is 9.97 Å². The van der Waals surface area contributed by atoms with Gasteiger partial charge in [-0.3, -0.25) is 0 Å². The smallest absolute Gasteiger partial charge is 0.227 e. The van der Waals surface area contributed by atoms with Crippen LogP contribution in [-0.2, 0) is 0 Å². The number of anilines is 1. The van der Waals surface area contributed by atoms with E-state index in [4.69, 9.17) is 4.42 Å². The highest BCUT2D eigenvalue weighted by Gasteiger charge is 2.09. The number of halogens is 1. The number of rotatable bonds is 2. The molecule has 2 aromatic heterocycles. The molecule has 3 aromatic rings. The lowest BCUT2D eigenvalue weighted by Gasteiger charge is -2.11. The van der Waals surface area contributed by atoms with Gasteiger partial charge in [-0.05, 0) is 24.3 Å². The molecule has 0 unspecified atom stereocenters. The Hall–Kier alpha value is -2.43. The molecule has 1 aromatic carbocycles. The summed E-state index contributed by atoms with van der Waals surface area (Å²) in [4.78, 5) is 9.85. The van der Waals surface area contributed by atoms with Crippen molar-refractivity contribution in [1.29, 1.82) is 0 Å². The van der Waals surface area contributed by atoms with Crippen LogP contribution in [0.5, 0.6) is 0 Å². The number of nitrogens with zero attached hydrogens (tertiary/aromatic N) is 3. The summed E-state index contributed by atoms with van der Waals surface area (Å²) in [6, 6.07) is 9.03. The van der Waals surface area contributed by atoms with Gasteiger partial charge in [0.15, 0.2) is 5.58 Å². The molecule has 0 atom stereocenters. The molecule has 0 bridgehead atoms. The van der Waals surface area contributed by atoms with Crippen LogP contribution in [0.1, 0.15) is 0 Å². The predicted molar refractivity (Wildman–Crippen MR) is 71.5 cm³/mol. The first-order valence-corrected chi connectivity index (χ1v) is 5.83. The molecule has 0 aliphatic carbocycles. The molecule has 0 saturated heterocycles. The maximum absolute atomic E-state index is 13.0. The molecule has 0 aliphatic heterocycles. The summed E-state index contributed by atoms with van der Waals surface area (Å²) in [6.07, 6.45) is 1.37. The molecule has 4 nitrogen and oxygen atoms in total. The zero-order valence-corrected chi connectivity index (χ0v) is 10.6. The van der Waals surface area contributed by atoms with E-state index in [0.29, 0.717) is 17.0 Å². The van der Waals surface area contributed by atoms with Crippen molar-refractivity contribution in [3.8, 4) is 11.5 Å². The second-order valence-electron chi connectivity index (χ2n) is 4.44. The van der Waals surface area contributed by atoms with Crippen LogP contribution in [0.3, 0.4) is 0 Å². The van der Waals surface area contributed by atoms with E-state index in [1.165, 1.54) is 12.3 Å². The molecule has 0 saturated carbocycles. The number of hydrogen-bond donors (Lipinski definition) is 0. The van der Waals surface area contributed by atoms with Crippen LogP contribution in [-0.4, -0.2) is 24.1 Å². The van der Waals surface area contributed by atoms with Crippen molar-refractivity contribution in [3.05, 3.63) is 42.5 Å². The third kappa shape index (κ3) is 2.14. The molecule has 96 valence electrons. The number of aromatic nitrogens is 2. The van der Waals surface area contributed by atoms with Crippen LogP contribution in [0, 0.1) is 5.95 Å². The van der Waals surface area contributed by atoms with Gasteiger partial charge in [0.2, 0.25) is 11.8 Å². The summed E-state index contributed by atoms with van der Waals surface area (Å²) in [5, 5.41) is 0. The van der Waals surface area contributed by atoms with E-state index >= 15 is 0 Å². The second-order valence-corrected chi connectivity index (χ2v) is 4.44. The minimum Gasteiger partial charge on any atom is -0.436 e. The van der Waals surface area contributed by atoms with Crippen molar-refractivity contribution in [3.63, 3.8) is 0 Å². The minimum absolute atomic E-state index is 0.402. The van der Waals surface area contributed by atoms with E-state index < -0.39 is 5.95 Å². The number of fused-ring (bicyclic) bond motifs is 1. The lowest BCUT2D eigenvalue weighted by Crippen LogP contribution is -2.07.